The summed E-state index contributed by atoms with van der Waals surface area (Å²) in [6, 6.07) is 42.7. The van der Waals surface area contributed by atoms with Crippen molar-refractivity contribution in [3.8, 4) is 11.5 Å². The summed E-state index contributed by atoms with van der Waals surface area (Å²) in [4.78, 5) is 24.6. The summed E-state index contributed by atoms with van der Waals surface area (Å²) in [6.45, 7) is 0. The third-order valence-corrected chi connectivity index (χ3v) is 18.6. The number of carbonyl (C=O) groups excluding carboxylic acids is 2. The fourth-order valence-corrected chi connectivity index (χ4v) is 13.8. The fraction of sp³-hybridized carbons (Fsp3) is 0. The molecule has 0 aliphatic carbocycles. The van der Waals surface area contributed by atoms with Crippen molar-refractivity contribution in [1.29, 1.82) is 0 Å². The minimum absolute atomic E-state index is 0.0258. The molecule has 0 aliphatic heterocycles. The second-order valence-corrected chi connectivity index (χ2v) is 21.7. The van der Waals surface area contributed by atoms with E-state index >= 15 is 0 Å². The molecule has 10 nitrogen and oxygen atoms in total. The van der Waals surface area contributed by atoms with Crippen LogP contribution in [0.15, 0.2) is 168 Å². The molecule has 0 unspecified atom stereocenters. The minimum atomic E-state index is -3.87. The van der Waals surface area contributed by atoms with E-state index in [9.17, 15) is 26.4 Å². The monoisotopic (exact) mass is 854 g/mol. The molecule has 0 atom stereocenters. The maximum Gasteiger partial charge on any atom is 0.0601 e. The molecule has 0 radical (unpaired) electrons. The third kappa shape index (κ3) is 9.80. The van der Waals surface area contributed by atoms with Crippen LogP contribution in [-0.2, 0) is 20.0 Å². The Kier molecular flexibility index (Phi) is 11.6. The Labute approximate surface area is 311 Å². The van der Waals surface area contributed by atoms with Crippen molar-refractivity contribution in [2.75, 3.05) is 9.44 Å². The topological polar surface area (TPSA) is 145 Å². The van der Waals surface area contributed by atoms with E-state index in [1.807, 2.05) is 24.3 Å². The summed E-state index contributed by atoms with van der Waals surface area (Å²) in [5.41, 5.74) is 1.61. The molecule has 0 saturated heterocycles. The van der Waals surface area contributed by atoms with Crippen LogP contribution in [0.2, 0.25) is 0 Å². The Morgan fingerprint density at radius 3 is 1.08 bits per heavy atom. The first-order chi connectivity index (χ1) is 25.0. The van der Waals surface area contributed by atoms with Gasteiger partial charge in [-0.25, -0.2) is 9.59 Å². The summed E-state index contributed by atoms with van der Waals surface area (Å²) in [5.74, 6) is -0.618. The van der Waals surface area contributed by atoms with Crippen molar-refractivity contribution < 1.29 is 35.9 Å². The van der Waals surface area contributed by atoms with Gasteiger partial charge in [0, 0.05) is 0 Å². The van der Waals surface area contributed by atoms with Crippen LogP contribution in [0.1, 0.15) is 20.7 Å². The molecular weight excluding hydrogens is 826 g/mol. The second-order valence-electron chi connectivity index (χ2n) is 11.0. The average Bonchev–Trinajstić information content (AvgIpc) is 3.16. The minimum Gasteiger partial charge on any atom is -0.0622 e. The molecule has 6 aromatic carbocycles. The number of esters is 2. The van der Waals surface area contributed by atoms with Gasteiger partial charge in [0.2, 0.25) is 0 Å². The predicted octanol–water partition coefficient (Wildman–Crippen LogP) is 5.00. The van der Waals surface area contributed by atoms with E-state index in [4.69, 9.17) is 9.47 Å². The second kappa shape index (κ2) is 16.5. The number of hydrogen-bond acceptors (Lipinski definition) is 8. The van der Waals surface area contributed by atoms with Gasteiger partial charge in [-0.05, 0) is 24.3 Å². The van der Waals surface area contributed by atoms with Crippen LogP contribution < -0.4 is 27.6 Å². The standard InChI is InChI=1S/C38H28As2N2O8S2/c43-37(27-7-3-1-4-8-27)49-33-19-23-35(24-20-33)51(45,46)41-31-15-11-29(12-16-31)39-40-30-13-17-32(18-14-30)42-52(47,48)36-25-21-34(22-26-36)50-38(44)28-9-5-2-6-10-28/h1-26,41-42H. The first kappa shape index (κ1) is 36.7. The van der Waals surface area contributed by atoms with Crippen LogP contribution in [0.3, 0.4) is 0 Å². The van der Waals surface area contributed by atoms with Crippen molar-refractivity contribution >= 4 is 78.3 Å². The van der Waals surface area contributed by atoms with E-state index in [2.05, 4.69) is 9.44 Å². The largest absolute Gasteiger partial charge is 0.0622 e. The number of benzene rings is 6. The normalized spacial score (nSPS) is 11.5. The van der Waals surface area contributed by atoms with Gasteiger partial charge in [-0.2, -0.15) is 0 Å². The van der Waals surface area contributed by atoms with Gasteiger partial charge in [-0.15, -0.1) is 0 Å². The fourth-order valence-electron chi connectivity index (χ4n) is 4.59. The number of sulfonamides is 2. The zero-order valence-corrected chi connectivity index (χ0v) is 32.4. The van der Waals surface area contributed by atoms with E-state index in [0.29, 0.717) is 22.5 Å². The van der Waals surface area contributed by atoms with E-state index in [0.717, 1.165) is 8.70 Å². The SMILES string of the molecule is O=C(Oc1ccc(S(=O)(=O)Nc2ccc([As]=[As]c3ccc(NS(=O)(=O)c4ccc(OC(=O)c5ccccc5)cc4)cc3)cc2)cc1)c1ccccc1. The van der Waals surface area contributed by atoms with Crippen LogP contribution in [-0.4, -0.2) is 55.0 Å². The number of anilines is 2. The molecule has 0 aromatic heterocycles. The molecule has 0 bridgehead atoms. The average molecular weight is 855 g/mol. The van der Waals surface area contributed by atoms with Gasteiger partial charge >= 0.3 is 232 Å². The van der Waals surface area contributed by atoms with E-state index in [1.165, 1.54) is 48.5 Å². The van der Waals surface area contributed by atoms with E-state index < -0.39 is 32.0 Å². The molecule has 6 aromatic rings. The molecule has 260 valence electrons. The summed E-state index contributed by atoms with van der Waals surface area (Å²) in [6.07, 6.45) is 0. The number of hydrogen-bond donors (Lipinski definition) is 2. The smallest absolute Gasteiger partial charge is 0.0601 e. The van der Waals surface area contributed by atoms with Crippen molar-refractivity contribution in [2.45, 2.75) is 9.79 Å². The van der Waals surface area contributed by atoms with Gasteiger partial charge in [0.25, 0.3) is 0 Å². The van der Waals surface area contributed by atoms with Crippen LogP contribution in [0.5, 0.6) is 11.5 Å². The first-order valence-electron chi connectivity index (χ1n) is 15.5. The van der Waals surface area contributed by atoms with Gasteiger partial charge < -0.3 is 0 Å². The molecule has 0 saturated carbocycles. The maximum atomic E-state index is 13.0. The predicted molar refractivity (Wildman–Crippen MR) is 201 cm³/mol. The zero-order valence-electron chi connectivity index (χ0n) is 27.0. The van der Waals surface area contributed by atoms with Gasteiger partial charge in [0.1, 0.15) is 0 Å². The van der Waals surface area contributed by atoms with Crippen LogP contribution >= 0.6 is 0 Å². The van der Waals surface area contributed by atoms with Gasteiger partial charge in [0.15, 0.2) is 0 Å². The quantitative estimate of drug-likeness (QED) is 0.0995. The van der Waals surface area contributed by atoms with Crippen LogP contribution in [0.25, 0.3) is 0 Å². The van der Waals surface area contributed by atoms with E-state index in [1.54, 1.807) is 84.9 Å². The third-order valence-electron chi connectivity index (χ3n) is 7.23. The molecule has 6 rings (SSSR count). The first-order valence-corrected chi connectivity index (χ1v) is 25.5. The molecule has 52 heavy (non-hydrogen) atoms. The number of carbonyl (C=O) groups is 2. The molecule has 0 aliphatic rings. The number of rotatable bonds is 12. The molecule has 0 fully saturated rings. The Morgan fingerprint density at radius 1 is 0.423 bits per heavy atom. The summed E-state index contributed by atoms with van der Waals surface area (Å²) >= 11 is -0.407. The van der Waals surface area contributed by atoms with Crippen molar-refractivity contribution in [1.82, 2.24) is 0 Å². The maximum absolute atomic E-state index is 13.0. The molecule has 0 amide bonds. The summed E-state index contributed by atoms with van der Waals surface area (Å²) in [7, 11) is -7.75. The van der Waals surface area contributed by atoms with Crippen molar-refractivity contribution in [3.63, 3.8) is 0 Å². The van der Waals surface area contributed by atoms with Gasteiger partial charge in [-0.3, -0.25) is 0 Å². The van der Waals surface area contributed by atoms with E-state index in [-0.39, 0.29) is 47.6 Å². The van der Waals surface area contributed by atoms with Gasteiger partial charge in [-0.1, -0.05) is 36.4 Å². The summed E-state index contributed by atoms with van der Waals surface area (Å²) in [5, 5.41) is 0. The van der Waals surface area contributed by atoms with Crippen molar-refractivity contribution in [2.24, 2.45) is 0 Å². The summed E-state index contributed by atoms with van der Waals surface area (Å²) < 4.78 is 69.9. The Morgan fingerprint density at radius 2 is 0.750 bits per heavy atom. The van der Waals surface area contributed by atoms with Crippen LogP contribution in [0, 0.1) is 0 Å². The number of nitrogens with one attached hydrogen (secondary N) is 2. The zero-order chi connectivity index (χ0) is 36.6. The van der Waals surface area contributed by atoms with Gasteiger partial charge in [0.05, 0.1) is 11.1 Å². The molecule has 0 spiro atoms. The van der Waals surface area contributed by atoms with Crippen molar-refractivity contribution in [3.05, 3.63) is 169 Å². The van der Waals surface area contributed by atoms with Crippen LogP contribution in [0.4, 0.5) is 11.4 Å². The Bertz CT molecular complexity index is 2250. The molecule has 14 heteroatoms. The molecular formula is C38H28As2N2O8S2. The molecule has 0 heterocycles. The Hall–Kier alpha value is -5.12. The Balaban J connectivity index is 1.01. The molecule has 2 N–H and O–H groups in total. The number of ether oxygens (including phenoxy) is 2.